The number of fused-ring (bicyclic) bond motifs is 6. The number of aromatic nitrogens is 2. The van der Waals surface area contributed by atoms with E-state index in [1.54, 1.807) is 6.07 Å². The number of nitrogens with zero attached hydrogens (tertiary/aromatic N) is 4. The average molecular weight is 462 g/mol. The molecule has 1 fully saturated rings. The molecule has 174 valence electrons. The zero-order valence-electron chi connectivity index (χ0n) is 18.8. The second-order valence-electron chi connectivity index (χ2n) is 9.60. The highest BCUT2D eigenvalue weighted by Crippen LogP contribution is 2.70. The third-order valence-electron chi connectivity index (χ3n) is 8.02. The lowest BCUT2D eigenvalue weighted by Crippen LogP contribution is -2.52. The van der Waals surface area contributed by atoms with Crippen molar-refractivity contribution >= 4 is 34.0 Å². The summed E-state index contributed by atoms with van der Waals surface area (Å²) < 4.78 is 0. The fourth-order valence-corrected chi connectivity index (χ4v) is 5.61. The van der Waals surface area contributed by atoms with Gasteiger partial charge in [-0.25, -0.2) is 9.97 Å². The van der Waals surface area contributed by atoms with Gasteiger partial charge in [0.15, 0.2) is 0 Å². The Kier molecular flexibility index (Phi) is 4.42. The summed E-state index contributed by atoms with van der Waals surface area (Å²) in [5, 5.41) is 22.1. The summed E-state index contributed by atoms with van der Waals surface area (Å²) in [6.07, 6.45) is 1.29. The van der Waals surface area contributed by atoms with Crippen LogP contribution in [0.3, 0.4) is 0 Å². The predicted molar refractivity (Wildman–Crippen MR) is 123 cm³/mol. The second kappa shape index (κ2) is 6.92. The molecule has 1 heterocycles. The lowest BCUT2D eigenvalue weighted by Gasteiger charge is -2.39. The molecule has 2 N–H and O–H groups in total. The molecule has 5 rings (SSSR count). The van der Waals surface area contributed by atoms with Gasteiger partial charge in [0.05, 0.1) is 38.0 Å². The molecule has 0 radical (unpaired) electrons. The van der Waals surface area contributed by atoms with Crippen LogP contribution in [0.1, 0.15) is 45.0 Å². The van der Waals surface area contributed by atoms with Crippen molar-refractivity contribution in [2.24, 2.45) is 5.41 Å². The fourth-order valence-electron chi connectivity index (χ4n) is 5.61. The van der Waals surface area contributed by atoms with E-state index in [2.05, 4.69) is 17.8 Å². The largest absolute Gasteiger partial charge is 0.299 e. The van der Waals surface area contributed by atoms with E-state index in [0.29, 0.717) is 28.8 Å². The van der Waals surface area contributed by atoms with Crippen LogP contribution in [0.2, 0.25) is 0 Å². The van der Waals surface area contributed by atoms with Gasteiger partial charge in [-0.3, -0.25) is 35.9 Å². The van der Waals surface area contributed by atoms with Crippen molar-refractivity contribution in [3.05, 3.63) is 74.1 Å². The molecule has 1 saturated carbocycles. The number of nitro benzene ring substituents is 2. The number of anilines is 1. The maximum Gasteiger partial charge on any atom is 0.271 e. The van der Waals surface area contributed by atoms with Gasteiger partial charge in [0.1, 0.15) is 5.41 Å². The molecule has 2 unspecified atom stereocenters. The second-order valence-corrected chi connectivity index (χ2v) is 9.60. The first-order valence-corrected chi connectivity index (χ1v) is 10.8. The predicted octanol–water partition coefficient (Wildman–Crippen LogP) is 3.92. The number of carbonyl (C=O) groups is 1. The van der Waals surface area contributed by atoms with Crippen molar-refractivity contribution in [3.63, 3.8) is 0 Å². The third-order valence-corrected chi connectivity index (χ3v) is 8.02. The van der Waals surface area contributed by atoms with E-state index in [-0.39, 0.29) is 17.3 Å². The summed E-state index contributed by atoms with van der Waals surface area (Å²) in [4.78, 5) is 44.5. The number of nitrogens with one attached hydrogen (secondary N) is 2. The topological polar surface area (TPSA) is 153 Å². The van der Waals surface area contributed by atoms with Gasteiger partial charge < -0.3 is 0 Å². The highest BCUT2D eigenvalue weighted by Gasteiger charge is 2.73. The van der Waals surface area contributed by atoms with Crippen LogP contribution in [-0.2, 0) is 15.6 Å². The Hall–Kier alpha value is -4.15. The van der Waals surface area contributed by atoms with Gasteiger partial charge in [0.2, 0.25) is 0 Å². The van der Waals surface area contributed by atoms with Gasteiger partial charge in [-0.05, 0) is 36.5 Å². The maximum absolute atomic E-state index is 13.7. The molecule has 2 bridgehead atoms. The van der Waals surface area contributed by atoms with Crippen molar-refractivity contribution in [3.8, 4) is 0 Å². The minimum Gasteiger partial charge on any atom is -0.299 e. The number of nitro groups is 2. The fraction of sp³-hybridized carbons (Fsp3) is 0.348. The van der Waals surface area contributed by atoms with Gasteiger partial charge in [0, 0.05) is 29.7 Å². The van der Waals surface area contributed by atoms with Crippen LogP contribution in [0.4, 0.5) is 17.1 Å². The molecular weight excluding hydrogens is 440 g/mol. The SMILES string of the molecule is CC12CCC(C(=O)NNc3ccc([N+](=O)[O-])cc3)(c3nc4cc([N+](=O)[O-])ccc4nc31)C2(C)C. The smallest absolute Gasteiger partial charge is 0.271 e. The summed E-state index contributed by atoms with van der Waals surface area (Å²) in [7, 11) is 0. The molecule has 2 aliphatic carbocycles. The molecule has 34 heavy (non-hydrogen) atoms. The Morgan fingerprint density at radius 3 is 2.15 bits per heavy atom. The van der Waals surface area contributed by atoms with E-state index in [1.807, 2.05) is 13.8 Å². The summed E-state index contributed by atoms with van der Waals surface area (Å²) in [6.45, 7) is 6.15. The van der Waals surface area contributed by atoms with Crippen LogP contribution in [0.15, 0.2) is 42.5 Å². The molecule has 11 nitrogen and oxygen atoms in total. The van der Waals surface area contributed by atoms with E-state index in [9.17, 15) is 25.0 Å². The van der Waals surface area contributed by atoms with E-state index >= 15 is 0 Å². The van der Waals surface area contributed by atoms with Crippen LogP contribution >= 0.6 is 0 Å². The van der Waals surface area contributed by atoms with Crippen molar-refractivity contribution in [2.45, 2.75) is 44.4 Å². The highest BCUT2D eigenvalue weighted by molar-refractivity contribution is 5.93. The Morgan fingerprint density at radius 2 is 1.50 bits per heavy atom. The van der Waals surface area contributed by atoms with Gasteiger partial charge in [0.25, 0.3) is 17.3 Å². The molecule has 2 atom stereocenters. The first-order valence-electron chi connectivity index (χ1n) is 10.8. The zero-order valence-corrected chi connectivity index (χ0v) is 18.8. The summed E-state index contributed by atoms with van der Waals surface area (Å²) in [6, 6.07) is 10.1. The summed E-state index contributed by atoms with van der Waals surface area (Å²) >= 11 is 0. The number of non-ortho nitro benzene ring substituents is 2. The lowest BCUT2D eigenvalue weighted by molar-refractivity contribution is -0.385. The van der Waals surface area contributed by atoms with Crippen molar-refractivity contribution in [2.75, 3.05) is 5.43 Å². The van der Waals surface area contributed by atoms with Gasteiger partial charge in [-0.1, -0.05) is 20.8 Å². The van der Waals surface area contributed by atoms with E-state index in [0.717, 1.165) is 12.1 Å². The molecule has 0 saturated heterocycles. The summed E-state index contributed by atoms with van der Waals surface area (Å²) in [5.41, 5.74) is 6.23. The average Bonchev–Trinajstić information content (AvgIpc) is 3.10. The maximum atomic E-state index is 13.7. The molecule has 2 aromatic carbocycles. The van der Waals surface area contributed by atoms with E-state index < -0.39 is 26.1 Å². The van der Waals surface area contributed by atoms with Crippen LogP contribution in [0.25, 0.3) is 11.0 Å². The highest BCUT2D eigenvalue weighted by atomic mass is 16.6. The lowest BCUT2D eigenvalue weighted by atomic mass is 9.63. The number of amides is 1. The molecule has 3 aromatic rings. The number of carbonyl (C=O) groups excluding carboxylic acids is 1. The van der Waals surface area contributed by atoms with Crippen molar-refractivity contribution in [1.29, 1.82) is 0 Å². The molecule has 1 aromatic heterocycles. The Balaban J connectivity index is 1.55. The molecular formula is C23H22N6O5. The molecule has 0 aliphatic heterocycles. The number of hydrogen-bond donors (Lipinski definition) is 2. The minimum absolute atomic E-state index is 0.0517. The van der Waals surface area contributed by atoms with Crippen LogP contribution < -0.4 is 10.9 Å². The molecule has 2 aliphatic rings. The molecule has 11 heteroatoms. The van der Waals surface area contributed by atoms with Crippen molar-refractivity contribution in [1.82, 2.24) is 15.4 Å². The van der Waals surface area contributed by atoms with Gasteiger partial charge in [-0.2, -0.15) is 0 Å². The van der Waals surface area contributed by atoms with Crippen LogP contribution in [0, 0.1) is 25.6 Å². The van der Waals surface area contributed by atoms with Gasteiger partial charge >= 0.3 is 0 Å². The third kappa shape index (κ3) is 2.66. The number of hydrazine groups is 1. The Bertz CT molecular complexity index is 1390. The molecule has 1 amide bonds. The first kappa shape index (κ1) is 21.7. The summed E-state index contributed by atoms with van der Waals surface area (Å²) in [5.74, 6) is -0.294. The Labute approximate surface area is 193 Å². The quantitative estimate of drug-likeness (QED) is 0.427. The zero-order chi connectivity index (χ0) is 24.5. The first-order chi connectivity index (χ1) is 16.0. The monoisotopic (exact) mass is 462 g/mol. The number of rotatable bonds is 5. The van der Waals surface area contributed by atoms with Crippen molar-refractivity contribution < 1.29 is 14.6 Å². The van der Waals surface area contributed by atoms with Gasteiger partial charge in [-0.15, -0.1) is 0 Å². The Morgan fingerprint density at radius 1 is 0.882 bits per heavy atom. The van der Waals surface area contributed by atoms with Crippen LogP contribution in [0.5, 0.6) is 0 Å². The normalized spacial score (nSPS) is 24.0. The van der Waals surface area contributed by atoms with E-state index in [1.165, 1.54) is 36.4 Å². The number of benzene rings is 2. The molecule has 0 spiro atoms. The number of hydrogen-bond acceptors (Lipinski definition) is 8. The van der Waals surface area contributed by atoms with E-state index in [4.69, 9.17) is 9.97 Å². The standard InChI is InChI=1S/C23H22N6O5/c1-21(2)22(3)10-11-23(21,20(30)27-26-13-4-6-14(7-5-13)28(31)32)19-18(22)24-16-9-8-15(29(33)34)12-17(16)25-19/h4-9,12,26H,10-11H2,1-3H3,(H,27,30). The van der Waals surface area contributed by atoms with Crippen LogP contribution in [-0.4, -0.2) is 25.7 Å². The minimum atomic E-state index is -1.00.